The molecule has 0 amide bonds. The number of thiophene rings is 1. The minimum atomic E-state index is 0.657. The van der Waals surface area contributed by atoms with Crippen LogP contribution in [0, 0.1) is 0 Å². The van der Waals surface area contributed by atoms with E-state index in [1.165, 1.54) is 74.0 Å². The summed E-state index contributed by atoms with van der Waals surface area (Å²) in [5.41, 5.74) is 2.93. The van der Waals surface area contributed by atoms with Gasteiger partial charge in [0.25, 0.3) is 0 Å². The summed E-state index contributed by atoms with van der Waals surface area (Å²) < 4.78 is 2.51. The molecular formula is C47H27N3S. The van der Waals surface area contributed by atoms with Crippen LogP contribution < -0.4 is 0 Å². The Hall–Kier alpha value is -6.49. The van der Waals surface area contributed by atoms with Gasteiger partial charge in [-0.05, 0) is 66.7 Å². The molecule has 0 saturated carbocycles. The van der Waals surface area contributed by atoms with E-state index in [0.29, 0.717) is 17.5 Å². The van der Waals surface area contributed by atoms with E-state index in [-0.39, 0.29) is 0 Å². The van der Waals surface area contributed by atoms with Gasteiger partial charge in [-0.2, -0.15) is 0 Å². The van der Waals surface area contributed by atoms with Crippen molar-refractivity contribution in [3.05, 3.63) is 164 Å². The van der Waals surface area contributed by atoms with Gasteiger partial charge in [-0.1, -0.05) is 146 Å². The molecule has 236 valence electrons. The first kappa shape index (κ1) is 28.4. The highest BCUT2D eigenvalue weighted by Crippen LogP contribution is 2.48. The number of hydrogen-bond donors (Lipinski definition) is 0. The Bertz CT molecular complexity index is 3200. The predicted octanol–water partition coefficient (Wildman–Crippen LogP) is 13.0. The van der Waals surface area contributed by atoms with Crippen molar-refractivity contribution in [3.8, 4) is 34.2 Å². The number of aromatic nitrogens is 3. The zero-order chi connectivity index (χ0) is 33.5. The van der Waals surface area contributed by atoms with E-state index >= 15 is 0 Å². The number of hydrogen-bond acceptors (Lipinski definition) is 4. The Balaban J connectivity index is 1.27. The highest BCUT2D eigenvalue weighted by Gasteiger charge is 2.21. The van der Waals surface area contributed by atoms with Crippen molar-refractivity contribution >= 4 is 85.4 Å². The number of benzene rings is 9. The van der Waals surface area contributed by atoms with E-state index in [1.807, 2.05) is 29.5 Å². The van der Waals surface area contributed by atoms with Crippen LogP contribution in [0.15, 0.2) is 164 Å². The molecule has 0 atom stereocenters. The maximum absolute atomic E-state index is 5.35. The van der Waals surface area contributed by atoms with Crippen LogP contribution >= 0.6 is 11.3 Å². The first-order chi connectivity index (χ1) is 25.3. The van der Waals surface area contributed by atoms with Crippen LogP contribution in [0.2, 0.25) is 0 Å². The van der Waals surface area contributed by atoms with E-state index in [0.717, 1.165) is 16.7 Å². The van der Waals surface area contributed by atoms with Gasteiger partial charge in [0.05, 0.1) is 0 Å². The van der Waals surface area contributed by atoms with Gasteiger partial charge in [0, 0.05) is 42.2 Å². The summed E-state index contributed by atoms with van der Waals surface area (Å²) in [6.45, 7) is 0. The third kappa shape index (κ3) is 4.40. The predicted molar refractivity (Wildman–Crippen MR) is 217 cm³/mol. The van der Waals surface area contributed by atoms with Crippen molar-refractivity contribution in [3.63, 3.8) is 0 Å². The van der Waals surface area contributed by atoms with Crippen LogP contribution in [0.1, 0.15) is 0 Å². The molecule has 9 aromatic carbocycles. The molecule has 11 rings (SSSR count). The lowest BCUT2D eigenvalue weighted by Crippen LogP contribution is -2.00. The van der Waals surface area contributed by atoms with Crippen LogP contribution in [-0.2, 0) is 0 Å². The van der Waals surface area contributed by atoms with Gasteiger partial charge in [-0.15, -0.1) is 11.3 Å². The quantitative estimate of drug-likeness (QED) is 0.176. The fourth-order valence-corrected chi connectivity index (χ4v) is 9.17. The normalized spacial score (nSPS) is 11.9. The van der Waals surface area contributed by atoms with Gasteiger partial charge in [0.1, 0.15) is 0 Å². The fourth-order valence-electron chi connectivity index (χ4n) is 7.85. The standard InChI is InChI=1S/C47H27N3S/c1-2-13-32(14-3-1)45-48-46(34-23-21-31-19-18-28-10-4-7-15-35(28)38(31)27-34)50-47(49-45)39-26-33-22-20-29-11-5-8-16-36(29)41(33)44-43(39)42-37-17-9-6-12-30(37)24-25-40(42)51-44/h1-27H. The Kier molecular flexibility index (Phi) is 6.12. The Morgan fingerprint density at radius 3 is 1.61 bits per heavy atom. The maximum atomic E-state index is 5.35. The van der Waals surface area contributed by atoms with Crippen LogP contribution in [0.5, 0.6) is 0 Å². The summed E-state index contributed by atoms with van der Waals surface area (Å²) in [6.07, 6.45) is 0. The lowest BCUT2D eigenvalue weighted by atomic mass is 9.94. The molecule has 0 aliphatic rings. The van der Waals surface area contributed by atoms with Crippen molar-refractivity contribution in [2.24, 2.45) is 0 Å². The van der Waals surface area contributed by atoms with E-state index < -0.39 is 0 Å². The number of rotatable bonds is 3. The minimum absolute atomic E-state index is 0.657. The topological polar surface area (TPSA) is 38.7 Å². The summed E-state index contributed by atoms with van der Waals surface area (Å²) in [7, 11) is 0. The molecule has 0 spiro atoms. The molecule has 0 N–H and O–H groups in total. The Labute approximate surface area is 297 Å². The van der Waals surface area contributed by atoms with E-state index in [2.05, 4.69) is 146 Å². The average Bonchev–Trinajstić information content (AvgIpc) is 3.60. The zero-order valence-electron chi connectivity index (χ0n) is 27.3. The van der Waals surface area contributed by atoms with Crippen molar-refractivity contribution in [1.82, 2.24) is 15.0 Å². The summed E-state index contributed by atoms with van der Waals surface area (Å²) in [4.78, 5) is 15.8. The van der Waals surface area contributed by atoms with E-state index in [1.54, 1.807) is 0 Å². The van der Waals surface area contributed by atoms with E-state index in [9.17, 15) is 0 Å². The van der Waals surface area contributed by atoms with E-state index in [4.69, 9.17) is 15.0 Å². The maximum Gasteiger partial charge on any atom is 0.164 e. The Morgan fingerprint density at radius 2 is 0.863 bits per heavy atom. The summed E-state index contributed by atoms with van der Waals surface area (Å²) in [5, 5.41) is 14.6. The third-order valence-corrected chi connectivity index (χ3v) is 11.4. The molecule has 4 heteroatoms. The molecule has 3 nitrogen and oxygen atoms in total. The van der Waals surface area contributed by atoms with Crippen LogP contribution in [-0.4, -0.2) is 15.0 Å². The highest BCUT2D eigenvalue weighted by molar-refractivity contribution is 7.27. The lowest BCUT2D eigenvalue weighted by Gasteiger charge is -2.13. The summed E-state index contributed by atoms with van der Waals surface area (Å²) in [6, 6.07) is 58.4. The van der Waals surface area contributed by atoms with Crippen molar-refractivity contribution in [2.75, 3.05) is 0 Å². The molecule has 0 fully saturated rings. The molecule has 2 heterocycles. The Morgan fingerprint density at radius 1 is 0.333 bits per heavy atom. The van der Waals surface area contributed by atoms with Gasteiger partial charge in [-0.25, -0.2) is 15.0 Å². The van der Waals surface area contributed by atoms with Gasteiger partial charge < -0.3 is 0 Å². The second-order valence-corrected chi connectivity index (χ2v) is 14.2. The SMILES string of the molecule is c1ccc(-c2nc(-c3ccc4ccc5ccccc5c4c3)nc(-c3cc4ccc5ccccc5c4c4sc5ccc6ccccc6c5c34)n2)cc1. The van der Waals surface area contributed by atoms with Crippen LogP contribution in [0.3, 0.4) is 0 Å². The molecule has 51 heavy (non-hydrogen) atoms. The zero-order valence-corrected chi connectivity index (χ0v) is 28.2. The van der Waals surface area contributed by atoms with Crippen LogP contribution in [0.25, 0.3) is 108 Å². The summed E-state index contributed by atoms with van der Waals surface area (Å²) in [5.74, 6) is 1.99. The van der Waals surface area contributed by atoms with Crippen molar-refractivity contribution in [2.45, 2.75) is 0 Å². The third-order valence-electron chi connectivity index (χ3n) is 10.3. The number of fused-ring (bicyclic) bond motifs is 12. The van der Waals surface area contributed by atoms with Crippen LogP contribution in [0.4, 0.5) is 0 Å². The first-order valence-corrected chi connectivity index (χ1v) is 18.0. The second kappa shape index (κ2) is 11.0. The molecule has 0 radical (unpaired) electrons. The lowest BCUT2D eigenvalue weighted by molar-refractivity contribution is 1.08. The smallest absolute Gasteiger partial charge is 0.164 e. The van der Waals surface area contributed by atoms with Gasteiger partial charge >= 0.3 is 0 Å². The summed E-state index contributed by atoms with van der Waals surface area (Å²) >= 11 is 1.86. The molecule has 0 bridgehead atoms. The molecule has 0 unspecified atom stereocenters. The first-order valence-electron chi connectivity index (χ1n) is 17.2. The molecular weight excluding hydrogens is 639 g/mol. The largest absolute Gasteiger partial charge is 0.208 e. The highest BCUT2D eigenvalue weighted by atomic mass is 32.1. The average molecular weight is 666 g/mol. The molecule has 0 saturated heterocycles. The fraction of sp³-hybridized carbons (Fsp3) is 0. The molecule has 2 aromatic heterocycles. The van der Waals surface area contributed by atoms with Gasteiger partial charge in [-0.3, -0.25) is 0 Å². The second-order valence-electron chi connectivity index (χ2n) is 13.2. The molecule has 0 aliphatic heterocycles. The van der Waals surface area contributed by atoms with Gasteiger partial charge in [0.2, 0.25) is 0 Å². The number of nitrogens with zero attached hydrogens (tertiary/aromatic N) is 3. The molecule has 11 aromatic rings. The minimum Gasteiger partial charge on any atom is -0.208 e. The van der Waals surface area contributed by atoms with Gasteiger partial charge in [0.15, 0.2) is 17.5 Å². The molecule has 0 aliphatic carbocycles. The van der Waals surface area contributed by atoms with Crippen molar-refractivity contribution in [1.29, 1.82) is 0 Å². The monoisotopic (exact) mass is 665 g/mol. The van der Waals surface area contributed by atoms with Crippen molar-refractivity contribution < 1.29 is 0 Å².